The number of amides is 1. The number of rotatable bonds is 7. The lowest BCUT2D eigenvalue weighted by molar-refractivity contribution is -0.132. The summed E-state index contributed by atoms with van der Waals surface area (Å²) in [6.07, 6.45) is 2.27. The number of nitrogens with zero attached hydrogens (tertiary/aromatic N) is 4. The maximum atomic E-state index is 12.6. The molecule has 0 aromatic heterocycles. The van der Waals surface area contributed by atoms with Crippen LogP contribution in [0.25, 0.3) is 10.4 Å². The lowest BCUT2D eigenvalue weighted by atomic mass is 9.74. The number of hydrogen-bond acceptors (Lipinski definition) is 3. The summed E-state index contributed by atoms with van der Waals surface area (Å²) in [5.41, 5.74) is 9.64. The predicted molar refractivity (Wildman–Crippen MR) is 90.3 cm³/mol. The van der Waals surface area contributed by atoms with E-state index in [0.29, 0.717) is 6.42 Å². The van der Waals surface area contributed by atoms with E-state index in [1.807, 2.05) is 38.1 Å². The molecule has 0 aliphatic carbocycles. The van der Waals surface area contributed by atoms with E-state index in [1.54, 1.807) is 18.1 Å². The van der Waals surface area contributed by atoms with Gasteiger partial charge in [0.1, 0.15) is 5.75 Å². The highest BCUT2D eigenvalue weighted by Crippen LogP contribution is 2.40. The van der Waals surface area contributed by atoms with Crippen molar-refractivity contribution in [2.24, 2.45) is 17.0 Å². The Bertz CT molecular complexity index is 620. The number of ether oxygens (including phenoxy) is 1. The Balaban J connectivity index is 2.36. The molecule has 1 aliphatic heterocycles. The van der Waals surface area contributed by atoms with Crippen molar-refractivity contribution in [1.82, 2.24) is 0 Å². The molecule has 122 valence electrons. The number of carbonyl (C=O) groups excluding carboxylic acids is 1. The molecule has 23 heavy (non-hydrogen) atoms. The standard InChI is InChI=1S/C17H22N4O2/c1-5-6-14(19-20-18)16-15(11(2)3)17(22)21(16)12-7-9-13(23-4)10-8-12/h5,7-11,14-16H,1,6H2,2-4H3. The van der Waals surface area contributed by atoms with Gasteiger partial charge in [-0.05, 0) is 42.1 Å². The van der Waals surface area contributed by atoms with E-state index in [0.717, 1.165) is 11.4 Å². The van der Waals surface area contributed by atoms with Gasteiger partial charge < -0.3 is 9.64 Å². The summed E-state index contributed by atoms with van der Waals surface area (Å²) < 4.78 is 5.15. The molecule has 3 atom stereocenters. The second-order valence-corrected chi connectivity index (χ2v) is 5.96. The molecule has 1 saturated heterocycles. The molecule has 1 aromatic rings. The number of carbonyl (C=O) groups is 1. The summed E-state index contributed by atoms with van der Waals surface area (Å²) >= 11 is 0. The number of azide groups is 1. The van der Waals surface area contributed by atoms with E-state index >= 15 is 0 Å². The third kappa shape index (κ3) is 3.17. The summed E-state index contributed by atoms with van der Waals surface area (Å²) in [5, 5.41) is 3.90. The Morgan fingerprint density at radius 2 is 2.09 bits per heavy atom. The number of anilines is 1. The van der Waals surface area contributed by atoms with Gasteiger partial charge in [0.15, 0.2) is 0 Å². The first-order valence-electron chi connectivity index (χ1n) is 7.67. The lowest BCUT2D eigenvalue weighted by Crippen LogP contribution is -2.67. The minimum Gasteiger partial charge on any atom is -0.497 e. The Labute approximate surface area is 136 Å². The number of β-lactam (4-membered cyclic amide) rings is 1. The highest BCUT2D eigenvalue weighted by molar-refractivity contribution is 6.03. The number of methoxy groups -OCH3 is 1. The molecule has 0 saturated carbocycles. The van der Waals surface area contributed by atoms with Crippen LogP contribution in [0.4, 0.5) is 5.69 Å². The first kappa shape index (κ1) is 16.9. The molecule has 1 fully saturated rings. The van der Waals surface area contributed by atoms with Crippen molar-refractivity contribution in [3.8, 4) is 5.75 Å². The van der Waals surface area contributed by atoms with E-state index in [2.05, 4.69) is 16.6 Å². The molecule has 2 rings (SSSR count). The molecule has 6 heteroatoms. The van der Waals surface area contributed by atoms with Crippen LogP contribution in [0.2, 0.25) is 0 Å². The highest BCUT2D eigenvalue weighted by atomic mass is 16.5. The second-order valence-electron chi connectivity index (χ2n) is 5.96. The molecular formula is C17H22N4O2. The van der Waals surface area contributed by atoms with Crippen LogP contribution in [0.1, 0.15) is 20.3 Å². The molecule has 0 radical (unpaired) electrons. The molecule has 0 spiro atoms. The fourth-order valence-corrected chi connectivity index (χ4v) is 3.16. The first-order valence-corrected chi connectivity index (χ1v) is 7.67. The third-order valence-electron chi connectivity index (χ3n) is 4.26. The lowest BCUT2D eigenvalue weighted by Gasteiger charge is -2.51. The molecular weight excluding hydrogens is 292 g/mol. The van der Waals surface area contributed by atoms with Crippen molar-refractivity contribution >= 4 is 11.6 Å². The van der Waals surface area contributed by atoms with Crippen molar-refractivity contribution in [2.75, 3.05) is 12.0 Å². The van der Waals surface area contributed by atoms with Crippen molar-refractivity contribution in [3.05, 3.63) is 47.4 Å². The largest absolute Gasteiger partial charge is 0.497 e. The second kappa shape index (κ2) is 7.20. The molecule has 1 amide bonds. The number of hydrogen-bond donors (Lipinski definition) is 0. The fraction of sp³-hybridized carbons (Fsp3) is 0.471. The molecule has 1 aromatic carbocycles. The summed E-state index contributed by atoms with van der Waals surface area (Å²) in [4.78, 5) is 17.3. The molecule has 1 aliphatic rings. The van der Waals surface area contributed by atoms with Crippen LogP contribution in [0.3, 0.4) is 0 Å². The SMILES string of the molecule is C=CCC(N=[N+]=[N-])C1C(C(C)C)C(=O)N1c1ccc(OC)cc1. The molecule has 0 bridgehead atoms. The Morgan fingerprint density at radius 1 is 1.43 bits per heavy atom. The van der Waals surface area contributed by atoms with Crippen LogP contribution in [0.5, 0.6) is 5.75 Å². The van der Waals surface area contributed by atoms with Crippen LogP contribution in [0, 0.1) is 11.8 Å². The number of benzene rings is 1. The van der Waals surface area contributed by atoms with Gasteiger partial charge in [-0.25, -0.2) is 0 Å². The van der Waals surface area contributed by atoms with Crippen molar-refractivity contribution in [1.29, 1.82) is 0 Å². The van der Waals surface area contributed by atoms with Crippen LogP contribution in [-0.2, 0) is 4.79 Å². The van der Waals surface area contributed by atoms with Crippen LogP contribution in [0.15, 0.2) is 42.0 Å². The maximum Gasteiger partial charge on any atom is 0.232 e. The molecule has 0 N–H and O–H groups in total. The Hall–Kier alpha value is -2.46. The van der Waals surface area contributed by atoms with Crippen molar-refractivity contribution in [2.45, 2.75) is 32.4 Å². The van der Waals surface area contributed by atoms with Crippen molar-refractivity contribution in [3.63, 3.8) is 0 Å². The topological polar surface area (TPSA) is 78.3 Å². The van der Waals surface area contributed by atoms with Gasteiger partial charge >= 0.3 is 0 Å². The maximum absolute atomic E-state index is 12.6. The van der Waals surface area contributed by atoms with E-state index in [1.165, 1.54) is 0 Å². The van der Waals surface area contributed by atoms with Gasteiger partial charge in [-0.2, -0.15) is 0 Å². The Kier molecular flexibility index (Phi) is 5.29. The van der Waals surface area contributed by atoms with Crippen LogP contribution < -0.4 is 9.64 Å². The van der Waals surface area contributed by atoms with Gasteiger partial charge in [-0.3, -0.25) is 4.79 Å². The monoisotopic (exact) mass is 314 g/mol. The van der Waals surface area contributed by atoms with Gasteiger partial charge in [0.05, 0.1) is 25.1 Å². The normalized spacial score (nSPS) is 21.4. The average Bonchev–Trinajstić information content (AvgIpc) is 2.52. The van der Waals surface area contributed by atoms with Gasteiger partial charge in [-0.15, -0.1) is 6.58 Å². The van der Waals surface area contributed by atoms with E-state index in [9.17, 15) is 4.79 Å². The van der Waals surface area contributed by atoms with Crippen LogP contribution >= 0.6 is 0 Å². The summed E-state index contributed by atoms with van der Waals surface area (Å²) in [5.74, 6) is 0.837. The fourth-order valence-electron chi connectivity index (χ4n) is 3.16. The summed E-state index contributed by atoms with van der Waals surface area (Å²) in [6, 6.07) is 6.87. The van der Waals surface area contributed by atoms with Gasteiger partial charge in [0.25, 0.3) is 0 Å². The van der Waals surface area contributed by atoms with E-state index < -0.39 is 0 Å². The minimum absolute atomic E-state index is 0.0670. The zero-order valence-corrected chi connectivity index (χ0v) is 13.7. The van der Waals surface area contributed by atoms with Gasteiger partial charge in [0, 0.05) is 10.6 Å². The predicted octanol–water partition coefficient (Wildman–Crippen LogP) is 3.94. The van der Waals surface area contributed by atoms with E-state index in [-0.39, 0.29) is 29.8 Å². The third-order valence-corrected chi connectivity index (χ3v) is 4.26. The first-order chi connectivity index (χ1) is 11.0. The Morgan fingerprint density at radius 3 is 2.57 bits per heavy atom. The smallest absolute Gasteiger partial charge is 0.232 e. The molecule has 1 heterocycles. The molecule has 3 unspecified atom stereocenters. The summed E-state index contributed by atoms with van der Waals surface area (Å²) in [6.45, 7) is 7.76. The summed E-state index contributed by atoms with van der Waals surface area (Å²) in [7, 11) is 1.60. The van der Waals surface area contributed by atoms with Crippen LogP contribution in [-0.4, -0.2) is 25.1 Å². The molecule has 6 nitrogen and oxygen atoms in total. The highest BCUT2D eigenvalue weighted by Gasteiger charge is 2.52. The average molecular weight is 314 g/mol. The van der Waals surface area contributed by atoms with Gasteiger partial charge in [-0.1, -0.05) is 25.0 Å². The van der Waals surface area contributed by atoms with Gasteiger partial charge in [0.2, 0.25) is 5.91 Å². The van der Waals surface area contributed by atoms with E-state index in [4.69, 9.17) is 10.3 Å². The van der Waals surface area contributed by atoms with Crippen molar-refractivity contribution < 1.29 is 9.53 Å². The minimum atomic E-state index is -0.315. The zero-order chi connectivity index (χ0) is 17.0. The quantitative estimate of drug-likeness (QED) is 0.251. The zero-order valence-electron chi connectivity index (χ0n) is 13.7.